The van der Waals surface area contributed by atoms with Crippen LogP contribution in [-0.4, -0.2) is 15.0 Å². The topological polar surface area (TPSA) is 73.9 Å². The van der Waals surface area contributed by atoms with Crippen molar-refractivity contribution in [2.24, 2.45) is 0 Å². The Kier molecular flexibility index (Phi) is 2.49. The molecule has 0 saturated carbocycles. The summed E-state index contributed by atoms with van der Waals surface area (Å²) in [5.41, 5.74) is 6.41. The van der Waals surface area contributed by atoms with E-state index in [4.69, 9.17) is 10.5 Å². The van der Waals surface area contributed by atoms with E-state index in [1.165, 1.54) is 0 Å². The zero-order chi connectivity index (χ0) is 12.4. The van der Waals surface area contributed by atoms with Gasteiger partial charge in [0.1, 0.15) is 5.75 Å². The predicted octanol–water partition coefficient (Wildman–Crippen LogP) is 2.40. The Bertz CT molecular complexity index is 685. The Morgan fingerprint density at radius 2 is 1.89 bits per heavy atom. The fourth-order valence-corrected chi connectivity index (χ4v) is 1.66. The molecule has 3 rings (SSSR count). The minimum absolute atomic E-state index is 0.188. The molecule has 0 aliphatic heterocycles. The van der Waals surface area contributed by atoms with E-state index in [0.717, 1.165) is 10.9 Å². The van der Waals surface area contributed by atoms with Crippen molar-refractivity contribution < 1.29 is 4.74 Å². The van der Waals surface area contributed by atoms with Crippen molar-refractivity contribution in [3.05, 3.63) is 48.8 Å². The highest BCUT2D eigenvalue weighted by Gasteiger charge is 2.07. The van der Waals surface area contributed by atoms with Crippen LogP contribution in [0.25, 0.3) is 10.9 Å². The molecule has 0 spiro atoms. The van der Waals surface area contributed by atoms with Gasteiger partial charge < -0.3 is 10.5 Å². The molecule has 0 bridgehead atoms. The molecule has 0 saturated heterocycles. The molecule has 2 aromatic heterocycles. The highest BCUT2D eigenvalue weighted by Crippen LogP contribution is 2.27. The molecule has 5 nitrogen and oxygen atoms in total. The molecule has 1 aromatic carbocycles. The molecule has 0 amide bonds. The first-order valence-corrected chi connectivity index (χ1v) is 5.43. The van der Waals surface area contributed by atoms with E-state index in [1.807, 2.05) is 24.3 Å². The van der Waals surface area contributed by atoms with Gasteiger partial charge in [-0.3, -0.25) is 4.98 Å². The molecule has 0 aliphatic rings. The molecule has 0 fully saturated rings. The van der Waals surface area contributed by atoms with Crippen molar-refractivity contribution in [2.75, 3.05) is 5.73 Å². The first-order chi connectivity index (χ1) is 8.83. The number of hydrogen-bond donors (Lipinski definition) is 1. The van der Waals surface area contributed by atoms with Crippen LogP contribution >= 0.6 is 0 Å². The SMILES string of the molecule is Nc1nc(Oc2cccnc2)c2ccccc2n1. The lowest BCUT2D eigenvalue weighted by Crippen LogP contribution is -1.98. The van der Waals surface area contributed by atoms with Crippen LogP contribution in [-0.2, 0) is 0 Å². The van der Waals surface area contributed by atoms with Crippen LogP contribution in [0.5, 0.6) is 11.6 Å². The van der Waals surface area contributed by atoms with E-state index in [2.05, 4.69) is 15.0 Å². The normalized spacial score (nSPS) is 10.4. The van der Waals surface area contributed by atoms with Crippen LogP contribution in [0.3, 0.4) is 0 Å². The summed E-state index contributed by atoms with van der Waals surface area (Å²) < 4.78 is 5.68. The van der Waals surface area contributed by atoms with Gasteiger partial charge in [0.05, 0.1) is 17.1 Å². The minimum Gasteiger partial charge on any atom is -0.437 e. The van der Waals surface area contributed by atoms with Crippen LogP contribution in [0, 0.1) is 0 Å². The molecule has 0 unspecified atom stereocenters. The molecule has 0 atom stereocenters. The quantitative estimate of drug-likeness (QED) is 0.742. The van der Waals surface area contributed by atoms with Gasteiger partial charge in [0.25, 0.3) is 0 Å². The van der Waals surface area contributed by atoms with Crippen molar-refractivity contribution in [1.29, 1.82) is 0 Å². The lowest BCUT2D eigenvalue weighted by Gasteiger charge is -2.07. The molecule has 5 heteroatoms. The standard InChI is InChI=1S/C13H10N4O/c14-13-16-11-6-2-1-5-10(11)12(17-13)18-9-4-3-7-15-8-9/h1-8H,(H2,14,16,17). The molecule has 18 heavy (non-hydrogen) atoms. The molecule has 0 aliphatic carbocycles. The maximum Gasteiger partial charge on any atom is 0.232 e. The van der Waals surface area contributed by atoms with Gasteiger partial charge in [-0.15, -0.1) is 0 Å². The summed E-state index contributed by atoms with van der Waals surface area (Å²) in [5, 5.41) is 0.815. The van der Waals surface area contributed by atoms with Crippen LogP contribution in [0.4, 0.5) is 5.95 Å². The molecule has 3 aromatic rings. The van der Waals surface area contributed by atoms with Gasteiger partial charge in [0.2, 0.25) is 11.8 Å². The molecule has 0 radical (unpaired) electrons. The number of hydrogen-bond acceptors (Lipinski definition) is 5. The smallest absolute Gasteiger partial charge is 0.232 e. The number of nitrogen functional groups attached to an aromatic ring is 1. The summed E-state index contributed by atoms with van der Waals surface area (Å²) in [6.45, 7) is 0. The molecular weight excluding hydrogens is 228 g/mol. The average molecular weight is 238 g/mol. The first-order valence-electron chi connectivity index (χ1n) is 5.43. The number of rotatable bonds is 2. The van der Waals surface area contributed by atoms with Crippen LogP contribution in [0.15, 0.2) is 48.8 Å². The maximum atomic E-state index is 5.68. The highest BCUT2D eigenvalue weighted by atomic mass is 16.5. The van der Waals surface area contributed by atoms with E-state index < -0.39 is 0 Å². The number of nitrogens with two attached hydrogens (primary N) is 1. The van der Waals surface area contributed by atoms with Gasteiger partial charge in [0.15, 0.2) is 0 Å². The molecule has 2 N–H and O–H groups in total. The summed E-state index contributed by atoms with van der Waals surface area (Å²) >= 11 is 0. The largest absolute Gasteiger partial charge is 0.437 e. The number of nitrogens with zero attached hydrogens (tertiary/aromatic N) is 3. The Balaban J connectivity index is 2.11. The van der Waals surface area contributed by atoms with E-state index in [0.29, 0.717) is 11.6 Å². The van der Waals surface area contributed by atoms with Crippen molar-refractivity contribution in [2.45, 2.75) is 0 Å². The second kappa shape index (κ2) is 4.29. The predicted molar refractivity (Wildman–Crippen MR) is 68.3 cm³/mol. The fourth-order valence-electron chi connectivity index (χ4n) is 1.66. The summed E-state index contributed by atoms with van der Waals surface area (Å²) in [5.74, 6) is 1.24. The van der Waals surface area contributed by atoms with Crippen LogP contribution < -0.4 is 10.5 Å². The lowest BCUT2D eigenvalue weighted by molar-refractivity contribution is 0.467. The third kappa shape index (κ3) is 1.93. The van der Waals surface area contributed by atoms with Gasteiger partial charge in [-0.05, 0) is 24.3 Å². The fraction of sp³-hybridized carbons (Fsp3) is 0. The number of anilines is 1. The Hall–Kier alpha value is -2.69. The Labute approximate surface area is 103 Å². The van der Waals surface area contributed by atoms with Crippen molar-refractivity contribution in [3.8, 4) is 11.6 Å². The monoisotopic (exact) mass is 238 g/mol. The third-order valence-electron chi connectivity index (χ3n) is 2.43. The second-order valence-corrected chi connectivity index (χ2v) is 3.69. The van der Waals surface area contributed by atoms with E-state index in [-0.39, 0.29) is 5.95 Å². The van der Waals surface area contributed by atoms with Crippen LogP contribution in [0.2, 0.25) is 0 Å². The van der Waals surface area contributed by atoms with Crippen LogP contribution in [0.1, 0.15) is 0 Å². The molecule has 2 heterocycles. The number of aromatic nitrogens is 3. The Morgan fingerprint density at radius 3 is 2.72 bits per heavy atom. The van der Waals surface area contributed by atoms with E-state index >= 15 is 0 Å². The average Bonchev–Trinajstić information content (AvgIpc) is 2.40. The number of ether oxygens (including phenoxy) is 1. The van der Waals surface area contributed by atoms with Gasteiger partial charge in [0, 0.05) is 6.20 Å². The summed E-state index contributed by atoms with van der Waals surface area (Å²) in [6, 6.07) is 11.1. The van der Waals surface area contributed by atoms with Gasteiger partial charge in [-0.2, -0.15) is 4.98 Å². The van der Waals surface area contributed by atoms with Gasteiger partial charge in [-0.25, -0.2) is 4.98 Å². The summed E-state index contributed by atoms with van der Waals surface area (Å²) in [4.78, 5) is 12.2. The van der Waals surface area contributed by atoms with Gasteiger partial charge in [-0.1, -0.05) is 12.1 Å². The van der Waals surface area contributed by atoms with E-state index in [1.54, 1.807) is 24.5 Å². The zero-order valence-electron chi connectivity index (χ0n) is 9.45. The number of pyridine rings is 1. The van der Waals surface area contributed by atoms with Crippen molar-refractivity contribution >= 4 is 16.9 Å². The lowest BCUT2D eigenvalue weighted by atomic mass is 10.2. The third-order valence-corrected chi connectivity index (χ3v) is 2.43. The number of fused-ring (bicyclic) bond motifs is 1. The summed E-state index contributed by atoms with van der Waals surface area (Å²) in [6.07, 6.45) is 3.30. The molecular formula is C13H10N4O. The minimum atomic E-state index is 0.188. The second-order valence-electron chi connectivity index (χ2n) is 3.69. The van der Waals surface area contributed by atoms with Crippen molar-refractivity contribution in [3.63, 3.8) is 0 Å². The Morgan fingerprint density at radius 1 is 1.00 bits per heavy atom. The molecule has 88 valence electrons. The number of benzene rings is 1. The van der Waals surface area contributed by atoms with Gasteiger partial charge >= 0.3 is 0 Å². The summed E-state index contributed by atoms with van der Waals surface area (Å²) in [7, 11) is 0. The van der Waals surface area contributed by atoms with Crippen molar-refractivity contribution in [1.82, 2.24) is 15.0 Å². The van der Waals surface area contributed by atoms with E-state index in [9.17, 15) is 0 Å². The first kappa shape index (κ1) is 10.5. The highest BCUT2D eigenvalue weighted by molar-refractivity contribution is 5.84. The maximum absolute atomic E-state index is 5.68. The number of para-hydroxylation sites is 1. The zero-order valence-corrected chi connectivity index (χ0v) is 9.45.